The molecule has 1 N–H and O–H groups in total. The van der Waals surface area contributed by atoms with Crippen molar-refractivity contribution in [2.24, 2.45) is 11.3 Å². The summed E-state index contributed by atoms with van der Waals surface area (Å²) in [6, 6.07) is 4.58. The van der Waals surface area contributed by atoms with Gasteiger partial charge in [-0.05, 0) is 54.3 Å². The van der Waals surface area contributed by atoms with Crippen molar-refractivity contribution >= 4 is 0 Å². The topological polar surface area (TPSA) is 12.0 Å². The van der Waals surface area contributed by atoms with Gasteiger partial charge in [-0.15, -0.1) is 0 Å². The first-order valence-electron chi connectivity index (χ1n) is 6.68. The molecule has 0 aliphatic heterocycles. The van der Waals surface area contributed by atoms with Crippen LogP contribution >= 0.6 is 0 Å². The molecule has 3 heteroatoms. The molecule has 0 saturated heterocycles. The van der Waals surface area contributed by atoms with Gasteiger partial charge < -0.3 is 5.32 Å². The van der Waals surface area contributed by atoms with E-state index in [-0.39, 0.29) is 11.3 Å². The molecule has 2 unspecified atom stereocenters. The lowest BCUT2D eigenvalue weighted by molar-refractivity contribution is 0.517. The third-order valence-corrected chi connectivity index (χ3v) is 4.50. The van der Waals surface area contributed by atoms with Gasteiger partial charge in [0.2, 0.25) is 0 Å². The Labute approximate surface area is 107 Å². The summed E-state index contributed by atoms with van der Waals surface area (Å²) < 4.78 is 26.5. The lowest BCUT2D eigenvalue weighted by Gasteiger charge is -2.03. The van der Waals surface area contributed by atoms with E-state index >= 15 is 0 Å². The Morgan fingerprint density at radius 3 is 2.33 bits per heavy atom. The van der Waals surface area contributed by atoms with E-state index in [4.69, 9.17) is 0 Å². The lowest BCUT2D eigenvalue weighted by atomic mass is 10.0. The summed E-state index contributed by atoms with van der Waals surface area (Å²) in [6.07, 6.45) is 2.54. The Morgan fingerprint density at radius 2 is 1.78 bits per heavy atom. The van der Waals surface area contributed by atoms with E-state index in [9.17, 15) is 8.78 Å². The van der Waals surface area contributed by atoms with E-state index in [1.807, 2.05) is 0 Å². The van der Waals surface area contributed by atoms with Crippen LogP contribution in [0.15, 0.2) is 18.2 Å². The summed E-state index contributed by atoms with van der Waals surface area (Å²) in [5.41, 5.74) is 0.947. The highest BCUT2D eigenvalue weighted by Gasteiger charge is 2.58. The molecule has 2 fully saturated rings. The first-order valence-corrected chi connectivity index (χ1v) is 6.68. The minimum atomic E-state index is -0.471. The standard InChI is InChI=1S/C15H19F2N/c1-15(2)13(8-18-12-3-4-12)14(15)9-5-10(16)7-11(17)6-9/h5-7,12-14,18H,3-4,8H2,1-2H3. The Morgan fingerprint density at radius 1 is 1.17 bits per heavy atom. The molecule has 0 bridgehead atoms. The average Bonchev–Trinajstić information content (AvgIpc) is 3.11. The van der Waals surface area contributed by atoms with Crippen LogP contribution in [0.5, 0.6) is 0 Å². The van der Waals surface area contributed by atoms with E-state index < -0.39 is 11.6 Å². The van der Waals surface area contributed by atoms with Crippen molar-refractivity contribution in [3.63, 3.8) is 0 Å². The largest absolute Gasteiger partial charge is 0.314 e. The SMILES string of the molecule is CC1(C)C(CNC2CC2)C1c1cc(F)cc(F)c1. The summed E-state index contributed by atoms with van der Waals surface area (Å²) >= 11 is 0. The normalized spacial score (nSPS) is 29.3. The Bertz CT molecular complexity index is 445. The van der Waals surface area contributed by atoms with Gasteiger partial charge >= 0.3 is 0 Å². The van der Waals surface area contributed by atoms with Crippen LogP contribution in [-0.4, -0.2) is 12.6 Å². The van der Waals surface area contributed by atoms with Crippen LogP contribution in [0.25, 0.3) is 0 Å². The van der Waals surface area contributed by atoms with Crippen molar-refractivity contribution in [3.05, 3.63) is 35.4 Å². The fourth-order valence-electron chi connectivity index (χ4n) is 3.12. The third-order valence-electron chi connectivity index (χ3n) is 4.50. The summed E-state index contributed by atoms with van der Waals surface area (Å²) in [5, 5.41) is 3.52. The van der Waals surface area contributed by atoms with Gasteiger partial charge in [0.1, 0.15) is 11.6 Å². The summed E-state index contributed by atoms with van der Waals surface area (Å²) in [7, 11) is 0. The average molecular weight is 251 g/mol. The van der Waals surface area contributed by atoms with E-state index in [1.54, 1.807) is 0 Å². The van der Waals surface area contributed by atoms with Crippen molar-refractivity contribution in [2.45, 2.75) is 38.6 Å². The molecule has 0 amide bonds. The van der Waals surface area contributed by atoms with Gasteiger partial charge in [-0.1, -0.05) is 13.8 Å². The fourth-order valence-corrected chi connectivity index (χ4v) is 3.12. The van der Waals surface area contributed by atoms with Crippen LogP contribution in [0.4, 0.5) is 8.78 Å². The molecule has 98 valence electrons. The summed E-state index contributed by atoms with van der Waals surface area (Å²) in [6.45, 7) is 5.32. The molecule has 1 aromatic carbocycles. The first-order chi connectivity index (χ1) is 8.48. The van der Waals surface area contributed by atoms with Crippen LogP contribution in [0.1, 0.15) is 38.2 Å². The number of benzene rings is 1. The predicted molar refractivity (Wildman–Crippen MR) is 67.4 cm³/mol. The van der Waals surface area contributed by atoms with Crippen LogP contribution < -0.4 is 5.32 Å². The van der Waals surface area contributed by atoms with E-state index in [0.717, 1.165) is 18.2 Å². The smallest absolute Gasteiger partial charge is 0.126 e. The number of rotatable bonds is 4. The van der Waals surface area contributed by atoms with Gasteiger partial charge in [0.25, 0.3) is 0 Å². The summed E-state index contributed by atoms with van der Waals surface area (Å²) in [4.78, 5) is 0. The first kappa shape index (κ1) is 12.1. The maximum atomic E-state index is 13.3. The predicted octanol–water partition coefficient (Wildman–Crippen LogP) is 3.46. The molecule has 2 saturated carbocycles. The minimum absolute atomic E-state index is 0.141. The lowest BCUT2D eigenvalue weighted by Crippen LogP contribution is -2.20. The van der Waals surface area contributed by atoms with Gasteiger partial charge in [0.15, 0.2) is 0 Å². The highest BCUT2D eigenvalue weighted by atomic mass is 19.1. The highest BCUT2D eigenvalue weighted by molar-refractivity contribution is 5.32. The van der Waals surface area contributed by atoms with Crippen molar-refractivity contribution < 1.29 is 8.78 Å². The second-order valence-corrected chi connectivity index (χ2v) is 6.29. The molecule has 2 aliphatic rings. The molecule has 0 spiro atoms. The van der Waals surface area contributed by atoms with E-state index in [1.165, 1.54) is 25.0 Å². The van der Waals surface area contributed by atoms with Crippen LogP contribution in [0, 0.1) is 23.0 Å². The number of halogens is 2. The summed E-state index contributed by atoms with van der Waals surface area (Å²) in [5.74, 6) is -0.184. The van der Waals surface area contributed by atoms with Crippen LogP contribution in [0.2, 0.25) is 0 Å². The zero-order valence-corrected chi connectivity index (χ0v) is 10.8. The fraction of sp³-hybridized carbons (Fsp3) is 0.600. The van der Waals surface area contributed by atoms with E-state index in [0.29, 0.717) is 12.0 Å². The molecule has 18 heavy (non-hydrogen) atoms. The molecule has 0 heterocycles. The van der Waals surface area contributed by atoms with Crippen LogP contribution in [-0.2, 0) is 0 Å². The zero-order chi connectivity index (χ0) is 12.9. The maximum Gasteiger partial charge on any atom is 0.126 e. The second-order valence-electron chi connectivity index (χ2n) is 6.29. The second kappa shape index (κ2) is 4.02. The molecule has 2 atom stereocenters. The van der Waals surface area contributed by atoms with Gasteiger partial charge in [-0.2, -0.15) is 0 Å². The highest BCUT2D eigenvalue weighted by Crippen LogP contribution is 2.64. The molecule has 1 nitrogen and oxygen atoms in total. The van der Waals surface area contributed by atoms with Gasteiger partial charge in [-0.25, -0.2) is 8.78 Å². The van der Waals surface area contributed by atoms with Gasteiger partial charge in [-0.3, -0.25) is 0 Å². The quantitative estimate of drug-likeness (QED) is 0.864. The Kier molecular flexibility index (Phi) is 2.70. The molecule has 2 aliphatic carbocycles. The molecule has 0 aromatic heterocycles. The number of hydrogen-bond acceptors (Lipinski definition) is 1. The Balaban J connectivity index is 1.74. The van der Waals surface area contributed by atoms with E-state index in [2.05, 4.69) is 19.2 Å². The van der Waals surface area contributed by atoms with Gasteiger partial charge in [0, 0.05) is 12.1 Å². The van der Waals surface area contributed by atoms with Crippen molar-refractivity contribution in [2.75, 3.05) is 6.54 Å². The van der Waals surface area contributed by atoms with Crippen molar-refractivity contribution in [3.8, 4) is 0 Å². The van der Waals surface area contributed by atoms with Crippen molar-refractivity contribution in [1.29, 1.82) is 0 Å². The molecule has 0 radical (unpaired) electrons. The molecule has 3 rings (SSSR count). The monoisotopic (exact) mass is 251 g/mol. The van der Waals surface area contributed by atoms with Crippen molar-refractivity contribution in [1.82, 2.24) is 5.32 Å². The minimum Gasteiger partial charge on any atom is -0.314 e. The molecular formula is C15H19F2N. The third kappa shape index (κ3) is 2.16. The number of nitrogens with one attached hydrogen (secondary N) is 1. The Hall–Kier alpha value is -0.960. The maximum absolute atomic E-state index is 13.3. The molecular weight excluding hydrogens is 232 g/mol. The van der Waals surface area contributed by atoms with Gasteiger partial charge in [0.05, 0.1) is 0 Å². The number of hydrogen-bond donors (Lipinski definition) is 1. The molecule has 1 aromatic rings. The zero-order valence-electron chi connectivity index (χ0n) is 10.8. The van der Waals surface area contributed by atoms with Crippen LogP contribution in [0.3, 0.4) is 0 Å².